The number of para-hydroxylation sites is 1. The summed E-state index contributed by atoms with van der Waals surface area (Å²) in [5.74, 6) is 0.394. The average molecular weight is 496 g/mol. The second-order valence-corrected chi connectivity index (χ2v) is 10.9. The molecule has 2 N–H and O–H groups in total. The zero-order chi connectivity index (χ0) is 24.2. The summed E-state index contributed by atoms with van der Waals surface area (Å²) in [6.45, 7) is 0.522. The smallest absolute Gasteiger partial charge is 0.276 e. The van der Waals surface area contributed by atoms with E-state index in [4.69, 9.17) is 4.98 Å². The van der Waals surface area contributed by atoms with Crippen molar-refractivity contribution in [1.82, 2.24) is 20.5 Å². The van der Waals surface area contributed by atoms with Gasteiger partial charge in [0.1, 0.15) is 5.69 Å². The van der Waals surface area contributed by atoms with Crippen LogP contribution in [-0.4, -0.2) is 39.6 Å². The predicted molar refractivity (Wildman–Crippen MR) is 139 cm³/mol. The SMILES string of the molecule is O=C(NC1CC1)c1cc2c(s1)-c1ccccc1N(C(=O)c1cccc(-c3cn[nH]c3C3CC3)n1)CC2. The van der Waals surface area contributed by atoms with E-state index in [1.54, 1.807) is 12.3 Å². The lowest BCUT2D eigenvalue weighted by atomic mass is 10.1. The van der Waals surface area contributed by atoms with Crippen LogP contribution in [-0.2, 0) is 6.42 Å². The average Bonchev–Trinajstić information content (AvgIpc) is 3.84. The van der Waals surface area contributed by atoms with Crippen LogP contribution in [0.2, 0.25) is 0 Å². The molecule has 4 aromatic rings. The van der Waals surface area contributed by atoms with Crippen LogP contribution in [0.5, 0.6) is 0 Å². The third-order valence-corrected chi connectivity index (χ3v) is 8.34. The zero-order valence-corrected chi connectivity index (χ0v) is 20.5. The minimum Gasteiger partial charge on any atom is -0.349 e. The molecule has 8 heteroatoms. The summed E-state index contributed by atoms with van der Waals surface area (Å²) in [6, 6.07) is 15.9. The van der Waals surface area contributed by atoms with Gasteiger partial charge in [0.15, 0.2) is 0 Å². The standard InChI is InChI=1S/C28H25N5O2S/c34-27(30-18-10-11-18)24-14-17-12-13-33(23-7-2-1-4-19(23)26(17)36-24)28(35)22-6-3-5-21(31-22)20-15-29-32-25(20)16-8-9-16/h1-7,14-16,18H,8-13H2,(H,29,32)(H,30,34). The minimum atomic E-state index is -0.123. The number of aromatic nitrogens is 3. The fraction of sp³-hybridized carbons (Fsp3) is 0.286. The second-order valence-electron chi connectivity index (χ2n) is 9.82. The quantitative estimate of drug-likeness (QED) is 0.400. The van der Waals surface area contributed by atoms with Crippen molar-refractivity contribution in [2.24, 2.45) is 0 Å². The first-order valence-corrected chi connectivity index (χ1v) is 13.3. The molecule has 180 valence electrons. The Labute approximate surface area is 212 Å². The molecule has 0 unspecified atom stereocenters. The molecule has 4 heterocycles. The van der Waals surface area contributed by atoms with Gasteiger partial charge in [0.2, 0.25) is 0 Å². The molecule has 36 heavy (non-hydrogen) atoms. The van der Waals surface area contributed by atoms with Crippen LogP contribution in [0.25, 0.3) is 21.7 Å². The Morgan fingerprint density at radius 3 is 2.72 bits per heavy atom. The van der Waals surface area contributed by atoms with Crippen molar-refractivity contribution in [3.8, 4) is 21.7 Å². The van der Waals surface area contributed by atoms with E-state index in [9.17, 15) is 9.59 Å². The van der Waals surface area contributed by atoms with Gasteiger partial charge in [-0.3, -0.25) is 14.7 Å². The van der Waals surface area contributed by atoms with Gasteiger partial charge in [-0.1, -0.05) is 24.3 Å². The highest BCUT2D eigenvalue weighted by Gasteiger charge is 2.31. The van der Waals surface area contributed by atoms with Gasteiger partial charge in [-0.15, -0.1) is 11.3 Å². The molecule has 1 aromatic carbocycles. The molecule has 2 saturated carbocycles. The summed E-state index contributed by atoms with van der Waals surface area (Å²) in [7, 11) is 0. The van der Waals surface area contributed by atoms with Crippen LogP contribution in [0.1, 0.15) is 63.0 Å². The Bertz CT molecular complexity index is 1500. The molecule has 3 aromatic heterocycles. The first kappa shape index (κ1) is 21.5. The van der Waals surface area contributed by atoms with E-state index in [-0.39, 0.29) is 11.8 Å². The first-order chi connectivity index (χ1) is 17.7. The summed E-state index contributed by atoms with van der Waals surface area (Å²) in [4.78, 5) is 34.9. The van der Waals surface area contributed by atoms with Crippen LogP contribution < -0.4 is 10.2 Å². The monoisotopic (exact) mass is 495 g/mol. The number of aromatic amines is 1. The Hall–Kier alpha value is -3.78. The first-order valence-electron chi connectivity index (χ1n) is 12.5. The van der Waals surface area contributed by atoms with Crippen molar-refractivity contribution in [3.63, 3.8) is 0 Å². The number of carbonyl (C=O) groups is 2. The van der Waals surface area contributed by atoms with Crippen LogP contribution in [0.4, 0.5) is 5.69 Å². The van der Waals surface area contributed by atoms with Gasteiger partial charge >= 0.3 is 0 Å². The number of thiophene rings is 1. The van der Waals surface area contributed by atoms with E-state index >= 15 is 0 Å². The number of H-pyrrole nitrogens is 1. The third kappa shape index (κ3) is 3.82. The number of benzene rings is 1. The maximum Gasteiger partial charge on any atom is 0.276 e. The topological polar surface area (TPSA) is 91.0 Å². The third-order valence-electron chi connectivity index (χ3n) is 7.13. The highest BCUT2D eigenvalue weighted by molar-refractivity contribution is 7.17. The van der Waals surface area contributed by atoms with Crippen molar-refractivity contribution < 1.29 is 9.59 Å². The van der Waals surface area contributed by atoms with Crippen LogP contribution in [0, 0.1) is 0 Å². The van der Waals surface area contributed by atoms with E-state index in [1.165, 1.54) is 11.3 Å². The number of hydrogen-bond donors (Lipinski definition) is 2. The molecule has 0 radical (unpaired) electrons. The van der Waals surface area contributed by atoms with Gasteiger partial charge in [0.25, 0.3) is 11.8 Å². The van der Waals surface area contributed by atoms with Crippen LogP contribution in [0.3, 0.4) is 0 Å². The molecule has 2 aliphatic carbocycles. The predicted octanol–water partition coefficient (Wildman–Crippen LogP) is 5.17. The lowest BCUT2D eigenvalue weighted by molar-refractivity contribution is 0.0952. The van der Waals surface area contributed by atoms with Crippen LogP contribution >= 0.6 is 11.3 Å². The number of pyridine rings is 1. The summed E-state index contributed by atoms with van der Waals surface area (Å²) in [6.07, 6.45) is 6.93. The summed E-state index contributed by atoms with van der Waals surface area (Å²) < 4.78 is 0. The van der Waals surface area contributed by atoms with Crippen LogP contribution in [0.15, 0.2) is 54.7 Å². The van der Waals surface area contributed by atoms with E-state index < -0.39 is 0 Å². The van der Waals surface area contributed by atoms with Crippen molar-refractivity contribution in [1.29, 1.82) is 0 Å². The van der Waals surface area contributed by atoms with E-state index in [2.05, 4.69) is 15.5 Å². The van der Waals surface area contributed by atoms with Gasteiger partial charge in [0.05, 0.1) is 22.5 Å². The molecule has 0 atom stereocenters. The molecule has 7 nitrogen and oxygen atoms in total. The van der Waals surface area contributed by atoms with Gasteiger partial charge in [0, 0.05) is 40.2 Å². The summed E-state index contributed by atoms with van der Waals surface area (Å²) in [5.41, 5.74) is 6.21. The number of nitrogens with one attached hydrogen (secondary N) is 2. The summed E-state index contributed by atoms with van der Waals surface area (Å²) in [5, 5.41) is 10.4. The molecule has 3 aliphatic rings. The Morgan fingerprint density at radius 1 is 1.03 bits per heavy atom. The number of rotatable bonds is 5. The van der Waals surface area contributed by atoms with Crippen molar-refractivity contribution in [2.45, 2.75) is 44.1 Å². The highest BCUT2D eigenvalue weighted by Crippen LogP contribution is 2.44. The number of fused-ring (bicyclic) bond motifs is 3. The molecular weight excluding hydrogens is 470 g/mol. The molecule has 0 bridgehead atoms. The maximum atomic E-state index is 13.8. The zero-order valence-electron chi connectivity index (χ0n) is 19.7. The molecular formula is C28H25N5O2S. The van der Waals surface area contributed by atoms with Crippen molar-refractivity contribution >= 4 is 28.8 Å². The van der Waals surface area contributed by atoms with E-state index in [0.717, 1.165) is 69.2 Å². The maximum absolute atomic E-state index is 13.8. The number of nitrogens with zero attached hydrogens (tertiary/aromatic N) is 3. The fourth-order valence-corrected chi connectivity index (χ4v) is 6.08. The lowest BCUT2D eigenvalue weighted by Crippen LogP contribution is -2.33. The largest absolute Gasteiger partial charge is 0.349 e. The number of carbonyl (C=O) groups excluding carboxylic acids is 2. The normalized spacial score (nSPS) is 16.7. The Morgan fingerprint density at radius 2 is 1.89 bits per heavy atom. The fourth-order valence-electron chi connectivity index (χ4n) is 4.93. The Balaban J connectivity index is 1.22. The van der Waals surface area contributed by atoms with Gasteiger partial charge < -0.3 is 10.2 Å². The van der Waals surface area contributed by atoms with E-state index in [1.807, 2.05) is 47.4 Å². The Kier molecular flexibility index (Phi) is 5.02. The second kappa shape index (κ2) is 8.41. The molecule has 7 rings (SSSR count). The van der Waals surface area contributed by atoms with Gasteiger partial charge in [-0.2, -0.15) is 5.10 Å². The molecule has 0 spiro atoms. The van der Waals surface area contributed by atoms with Gasteiger partial charge in [-0.05, 0) is 61.9 Å². The molecule has 2 fully saturated rings. The minimum absolute atomic E-state index is 0.00631. The molecule has 0 saturated heterocycles. The van der Waals surface area contributed by atoms with Gasteiger partial charge in [-0.25, -0.2) is 4.98 Å². The van der Waals surface area contributed by atoms with Crippen molar-refractivity contribution in [3.05, 3.63) is 76.6 Å². The highest BCUT2D eigenvalue weighted by atomic mass is 32.1. The van der Waals surface area contributed by atoms with E-state index in [0.29, 0.717) is 30.6 Å². The van der Waals surface area contributed by atoms with Crippen molar-refractivity contribution in [2.75, 3.05) is 11.4 Å². The summed E-state index contributed by atoms with van der Waals surface area (Å²) >= 11 is 1.51. The molecule has 1 aliphatic heterocycles. The number of hydrogen-bond acceptors (Lipinski definition) is 5. The lowest BCUT2D eigenvalue weighted by Gasteiger charge is -2.23. The number of anilines is 1. The number of amides is 2. The molecule has 2 amide bonds.